The molecule has 2 heteroatoms. The Morgan fingerprint density at radius 3 is 2.50 bits per heavy atom. The summed E-state index contributed by atoms with van der Waals surface area (Å²) >= 11 is 0. The van der Waals surface area contributed by atoms with E-state index in [1.807, 2.05) is 7.05 Å². The minimum atomic E-state index is 0.616. The Labute approximate surface area is 111 Å². The zero-order chi connectivity index (χ0) is 13.0. The van der Waals surface area contributed by atoms with Crippen LogP contribution in [0.15, 0.2) is 35.3 Å². The first-order chi connectivity index (χ1) is 8.72. The van der Waals surface area contributed by atoms with E-state index in [0.717, 1.165) is 0 Å². The normalized spacial score (nSPS) is 29.0. The highest BCUT2D eigenvalue weighted by molar-refractivity contribution is 5.62. The maximum Gasteiger partial charge on any atom is 0.0273 e. The molecule has 1 aromatic rings. The molecular formula is C16H24N2. The maximum absolute atomic E-state index is 4.24. The van der Waals surface area contributed by atoms with E-state index in [1.165, 1.54) is 24.8 Å². The predicted molar refractivity (Wildman–Crippen MR) is 78.4 cm³/mol. The first kappa shape index (κ1) is 13.3. The van der Waals surface area contributed by atoms with Crippen molar-refractivity contribution in [3.63, 3.8) is 0 Å². The van der Waals surface area contributed by atoms with Crippen LogP contribution < -0.4 is 0 Å². The van der Waals surface area contributed by atoms with Crippen molar-refractivity contribution in [2.75, 3.05) is 21.1 Å². The number of hydrogen-bond donors (Lipinski definition) is 0. The summed E-state index contributed by atoms with van der Waals surface area (Å²) in [6.45, 7) is 0. The van der Waals surface area contributed by atoms with E-state index in [0.29, 0.717) is 17.9 Å². The van der Waals surface area contributed by atoms with Gasteiger partial charge in [-0.2, -0.15) is 0 Å². The molecule has 0 aliphatic heterocycles. The Bertz CT molecular complexity index is 383. The smallest absolute Gasteiger partial charge is 0.0273 e. The summed E-state index contributed by atoms with van der Waals surface area (Å²) in [7, 11) is 6.26. The van der Waals surface area contributed by atoms with Crippen LogP contribution in [0.25, 0.3) is 0 Å². The maximum atomic E-state index is 4.24. The molecule has 1 aliphatic rings. The Balaban J connectivity index is 2.11. The summed E-state index contributed by atoms with van der Waals surface area (Å²) in [4.78, 5) is 6.60. The third kappa shape index (κ3) is 2.99. The second-order valence-electron chi connectivity index (χ2n) is 5.52. The summed E-state index contributed by atoms with van der Waals surface area (Å²) in [5, 5.41) is 0. The van der Waals surface area contributed by atoms with E-state index in [2.05, 4.69) is 60.5 Å². The molecule has 2 rings (SSSR count). The van der Waals surface area contributed by atoms with Gasteiger partial charge < -0.3 is 9.89 Å². The van der Waals surface area contributed by atoms with Crippen LogP contribution in [0, 0.1) is 5.92 Å². The summed E-state index contributed by atoms with van der Waals surface area (Å²) in [6.07, 6.45) is 5.92. The highest BCUT2D eigenvalue weighted by Crippen LogP contribution is 2.36. The Morgan fingerprint density at radius 2 is 1.89 bits per heavy atom. The van der Waals surface area contributed by atoms with Crippen molar-refractivity contribution in [1.82, 2.24) is 4.90 Å². The van der Waals surface area contributed by atoms with Gasteiger partial charge in [0.25, 0.3) is 0 Å². The van der Waals surface area contributed by atoms with Gasteiger partial charge in [0.05, 0.1) is 0 Å². The monoisotopic (exact) mass is 244 g/mol. The Morgan fingerprint density at radius 1 is 1.17 bits per heavy atom. The van der Waals surface area contributed by atoms with Gasteiger partial charge in [-0.3, -0.25) is 0 Å². The van der Waals surface area contributed by atoms with Gasteiger partial charge in [0.15, 0.2) is 0 Å². The van der Waals surface area contributed by atoms with Gasteiger partial charge in [-0.25, -0.2) is 0 Å². The first-order valence-electron chi connectivity index (χ1n) is 6.86. The summed E-state index contributed by atoms with van der Waals surface area (Å²) in [6, 6.07) is 11.6. The van der Waals surface area contributed by atoms with Crippen LogP contribution in [-0.4, -0.2) is 38.3 Å². The van der Waals surface area contributed by atoms with Crippen molar-refractivity contribution in [3.05, 3.63) is 35.9 Å². The van der Waals surface area contributed by atoms with Gasteiger partial charge in [0.1, 0.15) is 0 Å². The number of nitrogens with zero attached hydrogens (tertiary/aromatic N) is 2. The van der Waals surface area contributed by atoms with Crippen molar-refractivity contribution in [1.29, 1.82) is 0 Å². The number of rotatable bonds is 3. The van der Waals surface area contributed by atoms with E-state index in [1.54, 1.807) is 0 Å². The molecule has 1 aliphatic carbocycles. The van der Waals surface area contributed by atoms with Crippen LogP contribution in [0.2, 0.25) is 0 Å². The van der Waals surface area contributed by atoms with Crippen LogP contribution >= 0.6 is 0 Å². The van der Waals surface area contributed by atoms with E-state index in [-0.39, 0.29) is 0 Å². The molecule has 1 aromatic carbocycles. The van der Waals surface area contributed by atoms with Gasteiger partial charge in [-0.05, 0) is 44.8 Å². The van der Waals surface area contributed by atoms with Crippen LogP contribution in [0.4, 0.5) is 0 Å². The number of hydrogen-bond acceptors (Lipinski definition) is 2. The topological polar surface area (TPSA) is 15.6 Å². The largest absolute Gasteiger partial charge is 0.306 e. The summed E-state index contributed by atoms with van der Waals surface area (Å²) in [5.41, 5.74) is 1.50. The zero-order valence-electron chi connectivity index (χ0n) is 11.7. The molecular weight excluding hydrogens is 220 g/mol. The Kier molecular flexibility index (Phi) is 4.54. The summed E-state index contributed by atoms with van der Waals surface area (Å²) in [5.74, 6) is 1.32. The molecule has 18 heavy (non-hydrogen) atoms. The molecule has 1 unspecified atom stereocenters. The van der Waals surface area contributed by atoms with Gasteiger partial charge in [0, 0.05) is 25.2 Å². The van der Waals surface area contributed by atoms with Crippen LogP contribution in [0.1, 0.15) is 30.7 Å². The fourth-order valence-corrected chi connectivity index (χ4v) is 3.16. The lowest BCUT2D eigenvalue weighted by Crippen LogP contribution is -2.40. The minimum absolute atomic E-state index is 0.616. The second kappa shape index (κ2) is 6.14. The lowest BCUT2D eigenvalue weighted by molar-refractivity contribution is 0.182. The van der Waals surface area contributed by atoms with Crippen LogP contribution in [0.5, 0.6) is 0 Å². The van der Waals surface area contributed by atoms with Gasteiger partial charge in [-0.1, -0.05) is 30.3 Å². The SMILES string of the molecule is CN=CC1CC[C@H](c2ccccc2)C[C@@H]1N(C)C. The lowest BCUT2D eigenvalue weighted by Gasteiger charge is -2.38. The molecule has 0 saturated heterocycles. The van der Waals surface area contributed by atoms with E-state index >= 15 is 0 Å². The molecule has 0 aromatic heterocycles. The van der Waals surface area contributed by atoms with Crippen molar-refractivity contribution in [2.45, 2.75) is 31.2 Å². The standard InChI is InChI=1S/C16H24N2/c1-17-12-15-10-9-14(11-16(15)18(2)3)13-7-5-4-6-8-13/h4-8,12,14-16H,9-11H2,1-3H3/t14-,15?,16-/m0/s1. The molecule has 0 amide bonds. The second-order valence-corrected chi connectivity index (χ2v) is 5.52. The summed E-state index contributed by atoms with van der Waals surface area (Å²) < 4.78 is 0. The van der Waals surface area contributed by atoms with Crippen LogP contribution in [-0.2, 0) is 0 Å². The van der Waals surface area contributed by atoms with E-state index in [4.69, 9.17) is 0 Å². The van der Waals surface area contributed by atoms with E-state index < -0.39 is 0 Å². The third-order valence-electron chi connectivity index (χ3n) is 4.14. The molecule has 0 radical (unpaired) electrons. The van der Waals surface area contributed by atoms with Crippen molar-refractivity contribution < 1.29 is 0 Å². The molecule has 0 bridgehead atoms. The van der Waals surface area contributed by atoms with Crippen molar-refractivity contribution >= 4 is 6.21 Å². The minimum Gasteiger partial charge on any atom is -0.306 e. The van der Waals surface area contributed by atoms with Crippen molar-refractivity contribution in [3.8, 4) is 0 Å². The molecule has 3 atom stereocenters. The van der Waals surface area contributed by atoms with Crippen LogP contribution in [0.3, 0.4) is 0 Å². The fraction of sp³-hybridized carbons (Fsp3) is 0.562. The predicted octanol–water partition coefficient (Wildman–Crippen LogP) is 3.20. The van der Waals surface area contributed by atoms with Gasteiger partial charge in [-0.15, -0.1) is 0 Å². The number of benzene rings is 1. The Hall–Kier alpha value is -1.15. The first-order valence-corrected chi connectivity index (χ1v) is 6.86. The zero-order valence-corrected chi connectivity index (χ0v) is 11.7. The van der Waals surface area contributed by atoms with Crippen molar-refractivity contribution in [2.24, 2.45) is 10.9 Å². The average molecular weight is 244 g/mol. The average Bonchev–Trinajstić information content (AvgIpc) is 2.40. The van der Waals surface area contributed by atoms with Gasteiger partial charge >= 0.3 is 0 Å². The lowest BCUT2D eigenvalue weighted by atomic mass is 9.75. The fourth-order valence-electron chi connectivity index (χ4n) is 3.16. The molecule has 98 valence electrons. The molecule has 1 fully saturated rings. The molecule has 0 N–H and O–H groups in total. The van der Waals surface area contributed by atoms with E-state index in [9.17, 15) is 0 Å². The molecule has 0 heterocycles. The van der Waals surface area contributed by atoms with Gasteiger partial charge in [0.2, 0.25) is 0 Å². The molecule has 2 nitrogen and oxygen atoms in total. The quantitative estimate of drug-likeness (QED) is 0.746. The number of aliphatic imine (C=N–C) groups is 1. The molecule has 0 spiro atoms. The highest BCUT2D eigenvalue weighted by atomic mass is 15.1. The highest BCUT2D eigenvalue weighted by Gasteiger charge is 2.31. The molecule has 1 saturated carbocycles. The third-order valence-corrected chi connectivity index (χ3v) is 4.14.